The molecule has 2 aromatic rings. The zero-order valence-corrected chi connectivity index (χ0v) is 15.2. The number of halogens is 1. The summed E-state index contributed by atoms with van der Waals surface area (Å²) in [5, 5.41) is 11.8. The molecule has 0 heterocycles. The summed E-state index contributed by atoms with van der Waals surface area (Å²) in [5.74, 6) is 1.18. The van der Waals surface area contributed by atoms with Gasteiger partial charge in [-0.3, -0.25) is 4.79 Å². The number of hydrogen-bond acceptors (Lipinski definition) is 3. The Morgan fingerprint density at radius 1 is 1.26 bits per heavy atom. The molecule has 5 heteroatoms. The van der Waals surface area contributed by atoms with Crippen LogP contribution in [-0.2, 0) is 10.5 Å². The molecule has 0 aliphatic heterocycles. The van der Waals surface area contributed by atoms with Gasteiger partial charge in [-0.2, -0.15) is 5.26 Å². The third-order valence-corrected chi connectivity index (χ3v) is 5.06. The van der Waals surface area contributed by atoms with Crippen molar-refractivity contribution in [3.63, 3.8) is 0 Å². The molecular formula is C18H17BrN2OS. The zero-order valence-electron chi connectivity index (χ0n) is 12.8. The number of amides is 1. The molecule has 2 rings (SSSR count). The van der Waals surface area contributed by atoms with Crippen LogP contribution in [0.5, 0.6) is 0 Å². The van der Waals surface area contributed by atoms with Crippen molar-refractivity contribution in [1.82, 2.24) is 5.32 Å². The summed E-state index contributed by atoms with van der Waals surface area (Å²) in [6, 6.07) is 17.4. The quantitative estimate of drug-likeness (QED) is 0.795. The van der Waals surface area contributed by atoms with Gasteiger partial charge in [0.1, 0.15) is 0 Å². The molecule has 3 nitrogen and oxygen atoms in total. The number of nitrogens with one attached hydrogen (secondary N) is 1. The molecule has 0 bridgehead atoms. The number of nitriles is 1. The SMILES string of the molecule is CC(NC(=O)CSCc1ccc(C#N)cc1)c1ccccc1Br. The van der Waals surface area contributed by atoms with Gasteiger partial charge in [-0.25, -0.2) is 0 Å². The molecule has 1 unspecified atom stereocenters. The van der Waals surface area contributed by atoms with Crippen LogP contribution in [0.3, 0.4) is 0 Å². The van der Waals surface area contributed by atoms with Crippen molar-refractivity contribution < 1.29 is 4.79 Å². The van der Waals surface area contributed by atoms with E-state index in [1.807, 2.05) is 43.3 Å². The lowest BCUT2D eigenvalue weighted by Crippen LogP contribution is -2.28. The molecule has 1 N–H and O–H groups in total. The Labute approximate surface area is 149 Å². The van der Waals surface area contributed by atoms with E-state index >= 15 is 0 Å². The first-order chi connectivity index (χ1) is 11.1. The Hall–Kier alpha value is -1.77. The summed E-state index contributed by atoms with van der Waals surface area (Å²) < 4.78 is 0.998. The topological polar surface area (TPSA) is 52.9 Å². The van der Waals surface area contributed by atoms with E-state index in [9.17, 15) is 4.79 Å². The predicted octanol–water partition coefficient (Wildman–Crippen LogP) is 4.43. The number of carbonyl (C=O) groups excluding carboxylic acids is 1. The molecule has 1 amide bonds. The zero-order chi connectivity index (χ0) is 16.7. The normalized spacial score (nSPS) is 11.5. The highest BCUT2D eigenvalue weighted by molar-refractivity contribution is 9.10. The van der Waals surface area contributed by atoms with Crippen LogP contribution in [0.15, 0.2) is 53.0 Å². The van der Waals surface area contributed by atoms with E-state index in [-0.39, 0.29) is 11.9 Å². The molecule has 0 aromatic heterocycles. The first kappa shape index (κ1) is 17.6. The Balaban J connectivity index is 1.78. The second kappa shape index (κ2) is 8.76. The minimum absolute atomic E-state index is 0.0203. The van der Waals surface area contributed by atoms with Gasteiger partial charge in [0.05, 0.1) is 23.4 Å². The first-order valence-electron chi connectivity index (χ1n) is 7.20. The van der Waals surface area contributed by atoms with Crippen LogP contribution >= 0.6 is 27.7 Å². The number of rotatable bonds is 6. The van der Waals surface area contributed by atoms with Crippen molar-refractivity contribution in [1.29, 1.82) is 5.26 Å². The summed E-state index contributed by atoms with van der Waals surface area (Å²) in [6.45, 7) is 1.98. The third-order valence-electron chi connectivity index (χ3n) is 3.33. The van der Waals surface area contributed by atoms with Gasteiger partial charge in [-0.15, -0.1) is 11.8 Å². The molecule has 23 heavy (non-hydrogen) atoms. The lowest BCUT2D eigenvalue weighted by Gasteiger charge is -2.15. The van der Waals surface area contributed by atoms with Crippen molar-refractivity contribution in [2.24, 2.45) is 0 Å². The van der Waals surface area contributed by atoms with Gasteiger partial charge in [0.25, 0.3) is 0 Å². The molecule has 0 radical (unpaired) electrons. The standard InChI is InChI=1S/C18H17BrN2OS/c1-13(16-4-2-3-5-17(16)19)21-18(22)12-23-11-15-8-6-14(10-20)7-9-15/h2-9,13H,11-12H2,1H3,(H,21,22). The monoisotopic (exact) mass is 388 g/mol. The van der Waals surface area contributed by atoms with Crippen molar-refractivity contribution >= 4 is 33.6 Å². The second-order valence-electron chi connectivity index (χ2n) is 5.11. The highest BCUT2D eigenvalue weighted by Gasteiger charge is 2.11. The predicted molar refractivity (Wildman–Crippen MR) is 98.0 cm³/mol. The minimum atomic E-state index is -0.0337. The highest BCUT2D eigenvalue weighted by Crippen LogP contribution is 2.23. The summed E-state index contributed by atoms with van der Waals surface area (Å²) in [5.41, 5.74) is 2.83. The molecule has 0 aliphatic rings. The lowest BCUT2D eigenvalue weighted by molar-refractivity contribution is -0.119. The van der Waals surface area contributed by atoms with Gasteiger partial charge in [-0.1, -0.05) is 46.3 Å². The molecule has 0 saturated heterocycles. The maximum Gasteiger partial charge on any atom is 0.230 e. The van der Waals surface area contributed by atoms with Crippen molar-refractivity contribution in [2.45, 2.75) is 18.7 Å². The van der Waals surface area contributed by atoms with Gasteiger partial charge < -0.3 is 5.32 Å². The fraction of sp³-hybridized carbons (Fsp3) is 0.222. The third kappa shape index (κ3) is 5.42. The maximum atomic E-state index is 12.0. The van der Waals surface area contributed by atoms with Crippen LogP contribution < -0.4 is 5.32 Å². The van der Waals surface area contributed by atoms with E-state index in [0.29, 0.717) is 11.3 Å². The van der Waals surface area contributed by atoms with Crippen LogP contribution in [0.25, 0.3) is 0 Å². The molecule has 1 atom stereocenters. The Kier molecular flexibility index (Phi) is 6.69. The Morgan fingerprint density at radius 3 is 2.61 bits per heavy atom. The average molecular weight is 389 g/mol. The summed E-state index contributed by atoms with van der Waals surface area (Å²) >= 11 is 5.06. The van der Waals surface area contributed by atoms with Crippen LogP contribution in [0.2, 0.25) is 0 Å². The number of hydrogen-bond donors (Lipinski definition) is 1. The van der Waals surface area contributed by atoms with E-state index in [1.165, 1.54) is 0 Å². The molecule has 2 aromatic carbocycles. The summed E-state index contributed by atoms with van der Waals surface area (Å²) in [6.07, 6.45) is 0. The summed E-state index contributed by atoms with van der Waals surface area (Å²) in [4.78, 5) is 12.0. The number of thioether (sulfide) groups is 1. The second-order valence-corrected chi connectivity index (χ2v) is 6.95. The van der Waals surface area contributed by atoms with Crippen LogP contribution in [0.4, 0.5) is 0 Å². The van der Waals surface area contributed by atoms with Crippen LogP contribution in [-0.4, -0.2) is 11.7 Å². The van der Waals surface area contributed by atoms with Crippen LogP contribution in [0.1, 0.15) is 29.7 Å². The van der Waals surface area contributed by atoms with Crippen molar-refractivity contribution in [2.75, 3.05) is 5.75 Å². The molecule has 0 fully saturated rings. The molecular weight excluding hydrogens is 372 g/mol. The van der Waals surface area contributed by atoms with Gasteiger partial charge in [0.2, 0.25) is 5.91 Å². The Bertz CT molecular complexity index is 710. The molecule has 0 saturated carbocycles. The van der Waals surface area contributed by atoms with E-state index < -0.39 is 0 Å². The van der Waals surface area contributed by atoms with Crippen molar-refractivity contribution in [3.8, 4) is 6.07 Å². The van der Waals surface area contributed by atoms with E-state index in [4.69, 9.17) is 5.26 Å². The first-order valence-corrected chi connectivity index (χ1v) is 9.15. The van der Waals surface area contributed by atoms with E-state index in [1.54, 1.807) is 23.9 Å². The van der Waals surface area contributed by atoms with Crippen LogP contribution in [0, 0.1) is 11.3 Å². The molecule has 0 spiro atoms. The van der Waals surface area contributed by atoms with Crippen molar-refractivity contribution in [3.05, 3.63) is 69.7 Å². The summed E-state index contributed by atoms with van der Waals surface area (Å²) in [7, 11) is 0. The fourth-order valence-corrected chi connectivity index (χ4v) is 3.55. The van der Waals surface area contributed by atoms with E-state index in [0.717, 1.165) is 21.4 Å². The number of benzene rings is 2. The Morgan fingerprint density at radius 2 is 1.96 bits per heavy atom. The fourth-order valence-electron chi connectivity index (χ4n) is 2.12. The molecule has 118 valence electrons. The molecule has 0 aliphatic carbocycles. The van der Waals surface area contributed by atoms with E-state index in [2.05, 4.69) is 27.3 Å². The lowest BCUT2D eigenvalue weighted by atomic mass is 10.1. The van der Waals surface area contributed by atoms with Gasteiger partial charge in [0, 0.05) is 10.2 Å². The van der Waals surface area contributed by atoms with Gasteiger partial charge >= 0.3 is 0 Å². The minimum Gasteiger partial charge on any atom is -0.349 e. The maximum absolute atomic E-state index is 12.0. The average Bonchev–Trinajstić information content (AvgIpc) is 2.55. The highest BCUT2D eigenvalue weighted by atomic mass is 79.9. The largest absolute Gasteiger partial charge is 0.349 e. The number of carbonyl (C=O) groups is 1. The van der Waals surface area contributed by atoms with Gasteiger partial charge in [0.15, 0.2) is 0 Å². The van der Waals surface area contributed by atoms with Gasteiger partial charge in [-0.05, 0) is 36.2 Å². The smallest absolute Gasteiger partial charge is 0.230 e. The number of nitrogens with zero attached hydrogens (tertiary/aromatic N) is 1.